The highest BCUT2D eigenvalue weighted by Gasteiger charge is 2.03. The second-order valence-electron chi connectivity index (χ2n) is 2.99. The minimum absolute atomic E-state index is 0.0423. The average Bonchev–Trinajstić information content (AvgIpc) is 2.09. The third kappa shape index (κ3) is 2.82. The van der Waals surface area contributed by atoms with Crippen LogP contribution in [0.4, 0.5) is 0 Å². The van der Waals surface area contributed by atoms with Crippen LogP contribution in [0.2, 0.25) is 5.15 Å². The van der Waals surface area contributed by atoms with Gasteiger partial charge in [-0.1, -0.05) is 18.5 Å². The number of aromatic nitrogens is 2. The van der Waals surface area contributed by atoms with Crippen LogP contribution >= 0.6 is 11.6 Å². The molecule has 0 aromatic carbocycles. The van der Waals surface area contributed by atoms with E-state index >= 15 is 0 Å². The van der Waals surface area contributed by atoms with Crippen LogP contribution in [0, 0.1) is 5.92 Å². The fourth-order valence-electron chi connectivity index (χ4n) is 0.934. The molecule has 1 unspecified atom stereocenters. The van der Waals surface area contributed by atoms with Gasteiger partial charge in [0.2, 0.25) is 0 Å². The van der Waals surface area contributed by atoms with E-state index in [0.717, 1.165) is 0 Å². The van der Waals surface area contributed by atoms with Crippen molar-refractivity contribution in [1.82, 2.24) is 9.55 Å². The van der Waals surface area contributed by atoms with E-state index in [2.05, 4.69) is 4.98 Å². The average molecular weight is 203 g/mol. The molecule has 1 heterocycles. The van der Waals surface area contributed by atoms with Crippen LogP contribution in [-0.4, -0.2) is 21.3 Å². The molecule has 0 saturated carbocycles. The number of aliphatic hydroxyl groups excluding tert-OH is 1. The van der Waals surface area contributed by atoms with Gasteiger partial charge in [0.25, 0.3) is 5.56 Å². The normalized spacial score (nSPS) is 12.8. The predicted octanol–water partition coefficient (Wildman–Crippen LogP) is 0.525. The van der Waals surface area contributed by atoms with Crippen molar-refractivity contribution in [3.8, 4) is 0 Å². The largest absolute Gasteiger partial charge is 0.396 e. The molecule has 0 spiro atoms. The summed E-state index contributed by atoms with van der Waals surface area (Å²) in [6.45, 7) is 2.36. The maximum atomic E-state index is 11.2. The lowest BCUT2D eigenvalue weighted by atomic mass is 10.2. The monoisotopic (exact) mass is 202 g/mol. The van der Waals surface area contributed by atoms with Crippen molar-refractivity contribution in [1.29, 1.82) is 0 Å². The third-order valence-corrected chi connectivity index (χ3v) is 1.87. The first-order valence-corrected chi connectivity index (χ1v) is 4.34. The second-order valence-corrected chi connectivity index (χ2v) is 3.38. The Morgan fingerprint density at radius 2 is 2.46 bits per heavy atom. The fraction of sp³-hybridized carbons (Fsp3) is 0.500. The van der Waals surface area contributed by atoms with Gasteiger partial charge in [0.1, 0.15) is 5.15 Å². The van der Waals surface area contributed by atoms with Gasteiger partial charge in [0, 0.05) is 19.2 Å². The Bertz CT molecular complexity index is 337. The summed E-state index contributed by atoms with van der Waals surface area (Å²) in [7, 11) is 0. The van der Waals surface area contributed by atoms with E-state index in [-0.39, 0.29) is 23.2 Å². The minimum atomic E-state index is -0.194. The molecule has 0 aliphatic rings. The molecule has 13 heavy (non-hydrogen) atoms. The van der Waals surface area contributed by atoms with Crippen LogP contribution in [0.25, 0.3) is 0 Å². The molecule has 0 fully saturated rings. The Morgan fingerprint density at radius 3 is 3.00 bits per heavy atom. The zero-order valence-electron chi connectivity index (χ0n) is 7.27. The molecule has 5 heteroatoms. The smallest absolute Gasteiger partial charge is 0.254 e. The third-order valence-electron chi connectivity index (χ3n) is 1.67. The lowest BCUT2D eigenvalue weighted by Gasteiger charge is -2.09. The molecular weight excluding hydrogens is 192 g/mol. The summed E-state index contributed by atoms with van der Waals surface area (Å²) in [5.41, 5.74) is -0.194. The van der Waals surface area contributed by atoms with Crippen molar-refractivity contribution in [2.24, 2.45) is 5.92 Å². The van der Waals surface area contributed by atoms with Crippen LogP contribution in [0.1, 0.15) is 6.92 Å². The first kappa shape index (κ1) is 10.2. The fourth-order valence-corrected chi connectivity index (χ4v) is 1.07. The Labute approximate surface area is 80.8 Å². The van der Waals surface area contributed by atoms with Gasteiger partial charge in [0.15, 0.2) is 0 Å². The summed E-state index contributed by atoms with van der Waals surface area (Å²) < 4.78 is 1.42. The highest BCUT2D eigenvalue weighted by atomic mass is 35.5. The topological polar surface area (TPSA) is 55.1 Å². The molecule has 0 radical (unpaired) electrons. The van der Waals surface area contributed by atoms with Gasteiger partial charge in [-0.2, -0.15) is 0 Å². The van der Waals surface area contributed by atoms with Gasteiger partial charge in [-0.05, 0) is 5.92 Å². The first-order valence-electron chi connectivity index (χ1n) is 3.96. The zero-order valence-corrected chi connectivity index (χ0v) is 8.03. The Morgan fingerprint density at radius 1 is 1.77 bits per heavy atom. The molecule has 4 nitrogen and oxygen atoms in total. The molecule has 0 saturated heterocycles. The number of halogens is 1. The van der Waals surface area contributed by atoms with Gasteiger partial charge in [-0.15, -0.1) is 0 Å². The van der Waals surface area contributed by atoms with E-state index in [1.165, 1.54) is 17.0 Å². The Hall–Kier alpha value is -0.870. The van der Waals surface area contributed by atoms with E-state index in [4.69, 9.17) is 16.7 Å². The SMILES string of the molecule is CC(CO)Cn1cnc(Cl)cc1=O. The van der Waals surface area contributed by atoms with Crippen molar-refractivity contribution in [3.63, 3.8) is 0 Å². The van der Waals surface area contributed by atoms with E-state index in [1.54, 1.807) is 0 Å². The lowest BCUT2D eigenvalue weighted by molar-refractivity contribution is 0.221. The van der Waals surface area contributed by atoms with Gasteiger partial charge >= 0.3 is 0 Å². The van der Waals surface area contributed by atoms with Crippen LogP contribution < -0.4 is 5.56 Å². The van der Waals surface area contributed by atoms with E-state index in [0.29, 0.717) is 6.54 Å². The van der Waals surface area contributed by atoms with Crippen molar-refractivity contribution >= 4 is 11.6 Å². The molecule has 1 aromatic heterocycles. The van der Waals surface area contributed by atoms with Crippen molar-refractivity contribution in [3.05, 3.63) is 27.9 Å². The summed E-state index contributed by atoms with van der Waals surface area (Å²) in [4.78, 5) is 15.0. The van der Waals surface area contributed by atoms with Crippen LogP contribution in [-0.2, 0) is 6.54 Å². The first-order chi connectivity index (χ1) is 6.13. The number of nitrogens with zero attached hydrogens (tertiary/aromatic N) is 2. The molecular formula is C8H11ClN2O2. The molecule has 1 N–H and O–H groups in total. The number of aliphatic hydroxyl groups is 1. The van der Waals surface area contributed by atoms with E-state index in [1.807, 2.05) is 6.92 Å². The van der Waals surface area contributed by atoms with Crippen LogP contribution in [0.3, 0.4) is 0 Å². The van der Waals surface area contributed by atoms with Crippen LogP contribution in [0.15, 0.2) is 17.2 Å². The van der Waals surface area contributed by atoms with E-state index in [9.17, 15) is 4.79 Å². The standard InChI is InChI=1S/C8H11ClN2O2/c1-6(4-12)3-11-5-10-7(9)2-8(11)13/h2,5-6,12H,3-4H2,1H3. The van der Waals surface area contributed by atoms with Crippen molar-refractivity contribution in [2.45, 2.75) is 13.5 Å². The minimum Gasteiger partial charge on any atom is -0.396 e. The Balaban J connectivity index is 2.84. The number of hydrogen-bond donors (Lipinski definition) is 1. The van der Waals surface area contributed by atoms with Gasteiger partial charge in [-0.25, -0.2) is 4.98 Å². The maximum Gasteiger partial charge on any atom is 0.254 e. The van der Waals surface area contributed by atoms with Gasteiger partial charge in [-0.3, -0.25) is 9.36 Å². The molecule has 72 valence electrons. The maximum absolute atomic E-state index is 11.2. The highest BCUT2D eigenvalue weighted by molar-refractivity contribution is 6.29. The molecule has 0 amide bonds. The summed E-state index contributed by atoms with van der Waals surface area (Å²) in [6.07, 6.45) is 1.39. The highest BCUT2D eigenvalue weighted by Crippen LogP contribution is 1.99. The summed E-state index contributed by atoms with van der Waals surface area (Å²) >= 11 is 5.51. The second kappa shape index (κ2) is 4.39. The lowest BCUT2D eigenvalue weighted by Crippen LogP contribution is -2.23. The van der Waals surface area contributed by atoms with Gasteiger partial charge < -0.3 is 5.11 Å². The molecule has 1 aromatic rings. The molecule has 0 bridgehead atoms. The Kier molecular flexibility index (Phi) is 3.45. The summed E-state index contributed by atoms with van der Waals surface area (Å²) in [6, 6.07) is 1.26. The van der Waals surface area contributed by atoms with E-state index < -0.39 is 0 Å². The van der Waals surface area contributed by atoms with Crippen molar-refractivity contribution < 1.29 is 5.11 Å². The van der Waals surface area contributed by atoms with Crippen LogP contribution in [0.5, 0.6) is 0 Å². The zero-order chi connectivity index (χ0) is 9.84. The quantitative estimate of drug-likeness (QED) is 0.728. The molecule has 1 atom stereocenters. The summed E-state index contributed by atoms with van der Waals surface area (Å²) in [5.74, 6) is 0.0423. The molecule has 0 aliphatic heterocycles. The number of hydrogen-bond acceptors (Lipinski definition) is 3. The predicted molar refractivity (Wildman–Crippen MR) is 49.8 cm³/mol. The van der Waals surface area contributed by atoms with Gasteiger partial charge in [0.05, 0.1) is 6.33 Å². The molecule has 0 aliphatic carbocycles. The summed E-state index contributed by atoms with van der Waals surface area (Å²) in [5, 5.41) is 8.97. The number of rotatable bonds is 3. The molecule has 1 rings (SSSR count). The van der Waals surface area contributed by atoms with Crippen molar-refractivity contribution in [2.75, 3.05) is 6.61 Å².